The number of nitrogens with two attached hydrogens (primary N) is 1. The van der Waals surface area contributed by atoms with Crippen molar-refractivity contribution >= 4 is 23.5 Å². The molecular formula is C22H30N2O5. The number of methoxy groups -OCH3 is 1. The Hall–Kier alpha value is -2.85. The fourth-order valence-corrected chi connectivity index (χ4v) is 2.83. The number of carbonyl (C=O) groups excluding carboxylic acids is 2. The lowest BCUT2D eigenvalue weighted by atomic mass is 10.1. The number of benzene rings is 1. The number of hydrogen-bond acceptors (Lipinski definition) is 5. The van der Waals surface area contributed by atoms with Gasteiger partial charge in [0.05, 0.1) is 19.2 Å². The van der Waals surface area contributed by atoms with Gasteiger partial charge in [0.1, 0.15) is 0 Å². The highest BCUT2D eigenvalue weighted by Gasteiger charge is 2.12. The lowest BCUT2D eigenvalue weighted by molar-refractivity contribution is -0.137. The molecule has 0 aliphatic heterocycles. The summed E-state index contributed by atoms with van der Waals surface area (Å²) in [6, 6.07) is 4.87. The number of ether oxygens (including phenoxy) is 1. The number of carbonyl (C=O) groups is 3. The average molecular weight is 402 g/mol. The number of amides is 1. The maximum atomic E-state index is 12.1. The van der Waals surface area contributed by atoms with Crippen molar-refractivity contribution in [2.75, 3.05) is 19.0 Å². The quantitative estimate of drug-likeness (QED) is 0.280. The topological polar surface area (TPSA) is 119 Å². The van der Waals surface area contributed by atoms with Gasteiger partial charge in [-0.15, -0.1) is 0 Å². The van der Waals surface area contributed by atoms with Gasteiger partial charge in [0.15, 0.2) is 0 Å². The standard InChI is InChI=1S/C22H30N2O5/c1-29-22(28)19-14-13-18(16-17(19)10-9-15-23)24-20(25)11-7-5-3-2-4-6-8-12-21(26)27/h13-14,16H,2-8,11-12,15,23H2,1H3,(H,24,25)(H,26,27). The highest BCUT2D eigenvalue weighted by molar-refractivity contribution is 5.95. The van der Waals surface area contributed by atoms with Gasteiger partial charge in [0.25, 0.3) is 0 Å². The number of unbranched alkanes of at least 4 members (excludes halogenated alkanes) is 6. The third-order valence-electron chi connectivity index (χ3n) is 4.33. The predicted octanol–water partition coefficient (Wildman–Crippen LogP) is 3.32. The van der Waals surface area contributed by atoms with E-state index in [1.54, 1.807) is 18.2 Å². The molecule has 1 aromatic carbocycles. The third kappa shape index (κ3) is 10.3. The van der Waals surface area contributed by atoms with E-state index in [4.69, 9.17) is 15.6 Å². The lowest BCUT2D eigenvalue weighted by Crippen LogP contribution is -2.12. The Bertz CT molecular complexity index is 749. The Morgan fingerprint density at radius 3 is 2.24 bits per heavy atom. The van der Waals surface area contributed by atoms with E-state index in [1.165, 1.54) is 7.11 Å². The van der Waals surface area contributed by atoms with E-state index < -0.39 is 11.9 Å². The molecule has 0 bridgehead atoms. The van der Waals surface area contributed by atoms with Gasteiger partial charge in [-0.05, 0) is 31.0 Å². The van der Waals surface area contributed by atoms with Gasteiger partial charge < -0.3 is 20.9 Å². The van der Waals surface area contributed by atoms with Crippen molar-refractivity contribution in [2.45, 2.75) is 57.8 Å². The molecule has 0 fully saturated rings. The van der Waals surface area contributed by atoms with Crippen molar-refractivity contribution in [1.29, 1.82) is 0 Å². The Labute approximate surface area is 172 Å². The third-order valence-corrected chi connectivity index (χ3v) is 4.33. The number of aliphatic carboxylic acids is 1. The maximum absolute atomic E-state index is 12.1. The molecule has 0 heterocycles. The minimum Gasteiger partial charge on any atom is -0.481 e. The molecule has 0 saturated carbocycles. The molecule has 0 saturated heterocycles. The number of hydrogen-bond donors (Lipinski definition) is 3. The second kappa shape index (κ2) is 14.2. The summed E-state index contributed by atoms with van der Waals surface area (Å²) >= 11 is 0. The molecule has 0 aliphatic carbocycles. The van der Waals surface area contributed by atoms with Crippen molar-refractivity contribution in [3.8, 4) is 11.8 Å². The van der Waals surface area contributed by atoms with Crippen LogP contribution in [-0.2, 0) is 14.3 Å². The van der Waals surface area contributed by atoms with E-state index in [-0.39, 0.29) is 18.9 Å². The van der Waals surface area contributed by atoms with E-state index in [2.05, 4.69) is 17.2 Å². The molecule has 29 heavy (non-hydrogen) atoms. The van der Waals surface area contributed by atoms with Crippen LogP contribution in [0.3, 0.4) is 0 Å². The first-order chi connectivity index (χ1) is 14.0. The van der Waals surface area contributed by atoms with Crippen molar-refractivity contribution in [3.63, 3.8) is 0 Å². The second-order valence-electron chi connectivity index (χ2n) is 6.67. The van der Waals surface area contributed by atoms with Crippen LogP contribution in [0.1, 0.15) is 73.7 Å². The molecule has 0 spiro atoms. The zero-order valence-electron chi connectivity index (χ0n) is 17.0. The van der Waals surface area contributed by atoms with Crippen LogP contribution in [0.5, 0.6) is 0 Å². The first-order valence-corrected chi connectivity index (χ1v) is 9.91. The maximum Gasteiger partial charge on any atom is 0.339 e. The van der Waals surface area contributed by atoms with Crippen LogP contribution in [0.15, 0.2) is 18.2 Å². The number of rotatable bonds is 12. The minimum absolute atomic E-state index is 0.0880. The van der Waals surface area contributed by atoms with Crippen LogP contribution in [0, 0.1) is 11.8 Å². The normalized spacial score (nSPS) is 10.0. The van der Waals surface area contributed by atoms with Crippen molar-refractivity contribution in [2.24, 2.45) is 5.73 Å². The van der Waals surface area contributed by atoms with Gasteiger partial charge in [0, 0.05) is 24.1 Å². The van der Waals surface area contributed by atoms with Crippen LogP contribution in [-0.4, -0.2) is 36.6 Å². The van der Waals surface area contributed by atoms with Gasteiger partial charge in [-0.3, -0.25) is 9.59 Å². The molecule has 158 valence electrons. The fourth-order valence-electron chi connectivity index (χ4n) is 2.83. The summed E-state index contributed by atoms with van der Waals surface area (Å²) in [4.78, 5) is 34.4. The zero-order valence-corrected chi connectivity index (χ0v) is 17.0. The molecule has 1 amide bonds. The summed E-state index contributed by atoms with van der Waals surface area (Å²) in [7, 11) is 1.30. The van der Waals surface area contributed by atoms with E-state index >= 15 is 0 Å². The van der Waals surface area contributed by atoms with E-state index in [0.29, 0.717) is 23.2 Å². The first kappa shape index (κ1) is 24.2. The molecule has 0 atom stereocenters. The highest BCUT2D eigenvalue weighted by atomic mass is 16.5. The molecule has 7 nitrogen and oxygen atoms in total. The average Bonchev–Trinajstić information content (AvgIpc) is 2.70. The Kier molecular flexibility index (Phi) is 11.8. The molecule has 4 N–H and O–H groups in total. The van der Waals surface area contributed by atoms with Crippen LogP contribution in [0.25, 0.3) is 0 Å². The van der Waals surface area contributed by atoms with Crippen LogP contribution in [0.4, 0.5) is 5.69 Å². The Morgan fingerprint density at radius 1 is 1.03 bits per heavy atom. The van der Waals surface area contributed by atoms with Crippen molar-refractivity contribution in [3.05, 3.63) is 29.3 Å². The Balaban J connectivity index is 2.38. The van der Waals surface area contributed by atoms with Gasteiger partial charge >= 0.3 is 11.9 Å². The van der Waals surface area contributed by atoms with Gasteiger partial charge in [-0.1, -0.05) is 43.9 Å². The summed E-state index contributed by atoms with van der Waals surface area (Å²) in [6.07, 6.45) is 7.18. The van der Waals surface area contributed by atoms with E-state index in [1.807, 2.05) is 0 Å². The van der Waals surface area contributed by atoms with Crippen LogP contribution in [0.2, 0.25) is 0 Å². The first-order valence-electron chi connectivity index (χ1n) is 9.91. The molecule has 0 unspecified atom stereocenters. The monoisotopic (exact) mass is 402 g/mol. The summed E-state index contributed by atoms with van der Waals surface area (Å²) in [6.45, 7) is 0.163. The number of carboxylic acids is 1. The minimum atomic E-state index is -0.741. The molecular weight excluding hydrogens is 372 g/mol. The summed E-state index contributed by atoms with van der Waals surface area (Å²) < 4.78 is 4.74. The summed E-state index contributed by atoms with van der Waals surface area (Å²) in [5.74, 6) is 4.21. The van der Waals surface area contributed by atoms with Crippen LogP contribution >= 0.6 is 0 Å². The molecule has 0 aliphatic rings. The molecule has 1 rings (SSSR count). The molecule has 7 heteroatoms. The summed E-state index contributed by atoms with van der Waals surface area (Å²) in [5, 5.41) is 11.4. The second-order valence-corrected chi connectivity index (χ2v) is 6.67. The van der Waals surface area contributed by atoms with E-state index in [0.717, 1.165) is 44.9 Å². The number of carboxylic acid groups (broad SMARTS) is 1. The fraction of sp³-hybridized carbons (Fsp3) is 0.500. The van der Waals surface area contributed by atoms with Gasteiger partial charge in [-0.25, -0.2) is 4.79 Å². The number of nitrogens with one attached hydrogen (secondary N) is 1. The SMILES string of the molecule is COC(=O)c1ccc(NC(=O)CCCCCCCCCC(=O)O)cc1C#CCN. The largest absolute Gasteiger partial charge is 0.481 e. The molecule has 0 aromatic heterocycles. The van der Waals surface area contributed by atoms with E-state index in [9.17, 15) is 14.4 Å². The number of anilines is 1. The smallest absolute Gasteiger partial charge is 0.339 e. The predicted molar refractivity (Wildman–Crippen MR) is 112 cm³/mol. The summed E-state index contributed by atoms with van der Waals surface area (Å²) in [5.41, 5.74) is 6.76. The highest BCUT2D eigenvalue weighted by Crippen LogP contribution is 2.17. The lowest BCUT2D eigenvalue weighted by Gasteiger charge is -2.08. The van der Waals surface area contributed by atoms with Crippen molar-refractivity contribution < 1.29 is 24.2 Å². The van der Waals surface area contributed by atoms with Crippen molar-refractivity contribution in [1.82, 2.24) is 0 Å². The van der Waals surface area contributed by atoms with Gasteiger partial charge in [-0.2, -0.15) is 0 Å². The van der Waals surface area contributed by atoms with Gasteiger partial charge in [0.2, 0.25) is 5.91 Å². The zero-order chi connectivity index (χ0) is 21.5. The molecule has 0 radical (unpaired) electrons. The molecule has 1 aromatic rings. The Morgan fingerprint density at radius 2 is 1.66 bits per heavy atom. The number of esters is 1. The van der Waals surface area contributed by atoms with Crippen LogP contribution < -0.4 is 11.1 Å².